The van der Waals surface area contributed by atoms with E-state index in [2.05, 4.69) is 40.7 Å². The number of guanidine groups is 1. The average Bonchev–Trinajstić information content (AvgIpc) is 2.55. The van der Waals surface area contributed by atoms with Gasteiger partial charge in [-0.05, 0) is 42.7 Å². The van der Waals surface area contributed by atoms with Crippen molar-refractivity contribution in [2.75, 3.05) is 14.2 Å². The molecule has 0 heterocycles. The fourth-order valence-electron chi connectivity index (χ4n) is 3.00. The zero-order valence-electron chi connectivity index (χ0n) is 14.5. The van der Waals surface area contributed by atoms with Crippen molar-refractivity contribution in [1.82, 2.24) is 10.6 Å². The van der Waals surface area contributed by atoms with Crippen LogP contribution in [0.3, 0.4) is 0 Å². The van der Waals surface area contributed by atoms with Gasteiger partial charge < -0.3 is 15.4 Å². The Balaban J connectivity index is 0.00000264. The summed E-state index contributed by atoms with van der Waals surface area (Å²) in [7, 11) is 3.57. The van der Waals surface area contributed by atoms with Crippen molar-refractivity contribution in [3.05, 3.63) is 35.4 Å². The maximum Gasteiger partial charge on any atom is 0.191 e. The summed E-state index contributed by atoms with van der Waals surface area (Å²) in [6.07, 6.45) is 5.10. The number of rotatable bonds is 5. The van der Waals surface area contributed by atoms with Gasteiger partial charge in [-0.25, -0.2) is 0 Å². The third-order valence-electron chi connectivity index (χ3n) is 4.44. The molecule has 1 fully saturated rings. The first-order valence-electron chi connectivity index (χ1n) is 8.25. The molecule has 1 aromatic carbocycles. The summed E-state index contributed by atoms with van der Waals surface area (Å²) in [6.45, 7) is 3.75. The lowest BCUT2D eigenvalue weighted by atomic mass is 9.87. The highest BCUT2D eigenvalue weighted by Gasteiger charge is 2.18. The van der Waals surface area contributed by atoms with E-state index in [0.717, 1.165) is 18.4 Å². The van der Waals surface area contributed by atoms with Gasteiger partial charge in [0.25, 0.3) is 0 Å². The molecule has 0 bridgehead atoms. The SMILES string of the molecule is CN=C(NCc1ccccc1COC)NC1CCC(C)CC1.I. The summed E-state index contributed by atoms with van der Waals surface area (Å²) in [6, 6.07) is 8.91. The maximum atomic E-state index is 5.26. The number of hydrogen-bond donors (Lipinski definition) is 2. The highest BCUT2D eigenvalue weighted by molar-refractivity contribution is 14.0. The van der Waals surface area contributed by atoms with Gasteiger partial charge in [-0.3, -0.25) is 4.99 Å². The summed E-state index contributed by atoms with van der Waals surface area (Å²) in [5.41, 5.74) is 2.48. The van der Waals surface area contributed by atoms with Crippen LogP contribution in [0.4, 0.5) is 0 Å². The molecule has 0 amide bonds. The fourth-order valence-corrected chi connectivity index (χ4v) is 3.00. The number of nitrogens with zero attached hydrogens (tertiary/aromatic N) is 1. The molecular weight excluding hydrogens is 401 g/mol. The Bertz CT molecular complexity index is 485. The summed E-state index contributed by atoms with van der Waals surface area (Å²) in [5.74, 6) is 1.76. The summed E-state index contributed by atoms with van der Waals surface area (Å²) in [4.78, 5) is 4.36. The molecular formula is C18H30IN3O. The van der Waals surface area contributed by atoms with Gasteiger partial charge in [0.15, 0.2) is 5.96 Å². The minimum atomic E-state index is 0. The third kappa shape index (κ3) is 6.67. The van der Waals surface area contributed by atoms with Crippen molar-refractivity contribution in [2.24, 2.45) is 10.9 Å². The summed E-state index contributed by atoms with van der Waals surface area (Å²) < 4.78 is 5.26. The van der Waals surface area contributed by atoms with Gasteiger partial charge in [-0.2, -0.15) is 0 Å². The molecule has 1 saturated carbocycles. The molecule has 4 nitrogen and oxygen atoms in total. The van der Waals surface area contributed by atoms with Crippen molar-refractivity contribution in [2.45, 2.75) is 51.8 Å². The van der Waals surface area contributed by atoms with Crippen LogP contribution in [0.1, 0.15) is 43.7 Å². The second-order valence-corrected chi connectivity index (χ2v) is 6.23. The predicted molar refractivity (Wildman–Crippen MR) is 107 cm³/mol. The monoisotopic (exact) mass is 431 g/mol. The van der Waals surface area contributed by atoms with Gasteiger partial charge in [0, 0.05) is 26.7 Å². The van der Waals surface area contributed by atoms with Gasteiger partial charge in [-0.15, -0.1) is 24.0 Å². The molecule has 0 atom stereocenters. The molecule has 0 spiro atoms. The highest BCUT2D eigenvalue weighted by Crippen LogP contribution is 2.23. The van der Waals surface area contributed by atoms with Gasteiger partial charge in [0.05, 0.1) is 6.61 Å². The topological polar surface area (TPSA) is 45.7 Å². The van der Waals surface area contributed by atoms with Crippen LogP contribution in [-0.4, -0.2) is 26.2 Å². The van der Waals surface area contributed by atoms with Crippen molar-refractivity contribution < 1.29 is 4.74 Å². The smallest absolute Gasteiger partial charge is 0.191 e. The first kappa shape index (κ1) is 20.2. The van der Waals surface area contributed by atoms with Gasteiger partial charge in [-0.1, -0.05) is 31.2 Å². The van der Waals surface area contributed by atoms with Crippen molar-refractivity contribution in [3.8, 4) is 0 Å². The van der Waals surface area contributed by atoms with E-state index in [4.69, 9.17) is 4.74 Å². The summed E-state index contributed by atoms with van der Waals surface area (Å²) >= 11 is 0. The fraction of sp³-hybridized carbons (Fsp3) is 0.611. The van der Waals surface area contributed by atoms with Crippen LogP contribution in [0, 0.1) is 5.92 Å². The van der Waals surface area contributed by atoms with Crippen LogP contribution >= 0.6 is 24.0 Å². The lowest BCUT2D eigenvalue weighted by Gasteiger charge is -2.28. The molecule has 1 aliphatic carbocycles. The number of benzene rings is 1. The molecule has 1 aromatic rings. The van der Waals surface area contributed by atoms with Crippen molar-refractivity contribution >= 4 is 29.9 Å². The Hall–Kier alpha value is -0.820. The average molecular weight is 431 g/mol. The number of ether oxygens (including phenoxy) is 1. The van der Waals surface area contributed by atoms with E-state index in [1.165, 1.54) is 36.8 Å². The molecule has 0 aromatic heterocycles. The number of aliphatic imine (C=N–C) groups is 1. The minimum Gasteiger partial charge on any atom is -0.380 e. The molecule has 2 rings (SSSR count). The normalized spacial score (nSPS) is 21.4. The van der Waals surface area contributed by atoms with E-state index in [9.17, 15) is 0 Å². The van der Waals surface area contributed by atoms with E-state index in [1.807, 2.05) is 13.1 Å². The Morgan fingerprint density at radius 3 is 2.43 bits per heavy atom. The zero-order valence-corrected chi connectivity index (χ0v) is 16.8. The Morgan fingerprint density at radius 2 is 1.83 bits per heavy atom. The number of hydrogen-bond acceptors (Lipinski definition) is 2. The second-order valence-electron chi connectivity index (χ2n) is 6.23. The van der Waals surface area contributed by atoms with Crippen LogP contribution in [0.5, 0.6) is 0 Å². The largest absolute Gasteiger partial charge is 0.380 e. The quantitative estimate of drug-likeness (QED) is 0.425. The van der Waals surface area contributed by atoms with Gasteiger partial charge in [0.1, 0.15) is 0 Å². The molecule has 0 radical (unpaired) electrons. The van der Waals surface area contributed by atoms with E-state index < -0.39 is 0 Å². The Morgan fingerprint density at radius 1 is 1.17 bits per heavy atom. The third-order valence-corrected chi connectivity index (χ3v) is 4.44. The predicted octanol–water partition coefficient (Wildman–Crippen LogP) is 3.69. The van der Waals surface area contributed by atoms with E-state index in [0.29, 0.717) is 12.6 Å². The first-order valence-corrected chi connectivity index (χ1v) is 8.25. The molecule has 0 aliphatic heterocycles. The molecule has 1 aliphatic rings. The number of halogens is 1. The van der Waals surface area contributed by atoms with E-state index in [1.54, 1.807) is 7.11 Å². The van der Waals surface area contributed by atoms with Crippen LogP contribution in [-0.2, 0) is 17.9 Å². The minimum absolute atomic E-state index is 0. The molecule has 23 heavy (non-hydrogen) atoms. The van der Waals surface area contributed by atoms with Crippen molar-refractivity contribution in [1.29, 1.82) is 0 Å². The lowest BCUT2D eigenvalue weighted by Crippen LogP contribution is -2.44. The molecule has 0 saturated heterocycles. The van der Waals surface area contributed by atoms with Gasteiger partial charge in [0.2, 0.25) is 0 Å². The number of nitrogens with one attached hydrogen (secondary N) is 2. The number of methoxy groups -OCH3 is 1. The molecule has 5 heteroatoms. The van der Waals surface area contributed by atoms with Gasteiger partial charge >= 0.3 is 0 Å². The van der Waals surface area contributed by atoms with Crippen LogP contribution in [0.2, 0.25) is 0 Å². The molecule has 2 N–H and O–H groups in total. The maximum absolute atomic E-state index is 5.26. The van der Waals surface area contributed by atoms with E-state index in [-0.39, 0.29) is 24.0 Å². The highest BCUT2D eigenvalue weighted by atomic mass is 127. The molecule has 130 valence electrons. The summed E-state index contributed by atoms with van der Waals surface area (Å²) in [5, 5.41) is 6.98. The van der Waals surface area contributed by atoms with Crippen molar-refractivity contribution in [3.63, 3.8) is 0 Å². The standard InChI is InChI=1S/C18H29N3O.HI/c1-14-8-10-17(11-9-14)21-18(19-2)20-12-15-6-4-5-7-16(15)13-22-3;/h4-7,14,17H,8-13H2,1-3H3,(H2,19,20,21);1H. The first-order chi connectivity index (χ1) is 10.7. The van der Waals surface area contributed by atoms with E-state index >= 15 is 0 Å². The Labute approximate surface area is 157 Å². The Kier molecular flexibility index (Phi) is 9.55. The zero-order chi connectivity index (χ0) is 15.8. The van der Waals surface area contributed by atoms with Crippen LogP contribution in [0.15, 0.2) is 29.3 Å². The lowest BCUT2D eigenvalue weighted by molar-refractivity contribution is 0.184. The molecule has 0 unspecified atom stereocenters. The van der Waals surface area contributed by atoms with Crippen LogP contribution < -0.4 is 10.6 Å². The van der Waals surface area contributed by atoms with Crippen LogP contribution in [0.25, 0.3) is 0 Å². The second kappa shape index (κ2) is 10.9.